The molecule has 1 aromatic heterocycles. The van der Waals surface area contributed by atoms with E-state index >= 15 is 0 Å². The van der Waals surface area contributed by atoms with Gasteiger partial charge in [-0.25, -0.2) is 0 Å². The Kier molecular flexibility index (Phi) is 4.73. The van der Waals surface area contributed by atoms with Crippen molar-refractivity contribution in [1.29, 1.82) is 0 Å². The Balaban J connectivity index is 1.68. The molecular formula is C13H20N4O3. The van der Waals surface area contributed by atoms with Crippen LogP contribution in [0.25, 0.3) is 0 Å². The normalized spacial score (nSPS) is 16.2. The molecule has 0 atom stereocenters. The predicted molar refractivity (Wildman–Crippen MR) is 73.2 cm³/mol. The minimum Gasteiger partial charge on any atom is -0.360 e. The number of rotatable bonds is 4. The van der Waals surface area contributed by atoms with E-state index in [1.54, 1.807) is 19.9 Å². The van der Waals surface area contributed by atoms with Crippen LogP contribution in [0.1, 0.15) is 19.1 Å². The van der Waals surface area contributed by atoms with E-state index in [0.29, 0.717) is 24.5 Å². The maximum Gasteiger partial charge on any atom is 0.226 e. The van der Waals surface area contributed by atoms with Crippen LogP contribution in [-0.4, -0.2) is 59.5 Å². The summed E-state index contributed by atoms with van der Waals surface area (Å²) < 4.78 is 4.88. The first-order valence-corrected chi connectivity index (χ1v) is 6.75. The second-order valence-corrected chi connectivity index (χ2v) is 4.97. The second kappa shape index (κ2) is 6.51. The molecule has 0 unspecified atom stereocenters. The van der Waals surface area contributed by atoms with Crippen LogP contribution >= 0.6 is 0 Å². The summed E-state index contributed by atoms with van der Waals surface area (Å²) in [6.45, 7) is 7.15. The fourth-order valence-corrected chi connectivity index (χ4v) is 2.18. The van der Waals surface area contributed by atoms with Gasteiger partial charge in [-0.15, -0.1) is 0 Å². The van der Waals surface area contributed by atoms with Crippen LogP contribution in [-0.2, 0) is 9.59 Å². The molecule has 0 saturated carbocycles. The first-order chi connectivity index (χ1) is 9.54. The number of carbonyl (C=O) groups excluding carboxylic acids is 2. The van der Waals surface area contributed by atoms with Crippen molar-refractivity contribution in [3.63, 3.8) is 0 Å². The molecule has 0 radical (unpaired) electrons. The van der Waals surface area contributed by atoms with Crippen molar-refractivity contribution in [2.24, 2.45) is 0 Å². The van der Waals surface area contributed by atoms with E-state index in [-0.39, 0.29) is 11.8 Å². The zero-order valence-electron chi connectivity index (χ0n) is 11.9. The van der Waals surface area contributed by atoms with Gasteiger partial charge < -0.3 is 14.7 Å². The van der Waals surface area contributed by atoms with Crippen molar-refractivity contribution in [2.45, 2.75) is 20.3 Å². The largest absolute Gasteiger partial charge is 0.360 e. The van der Waals surface area contributed by atoms with E-state index in [9.17, 15) is 9.59 Å². The molecule has 7 nitrogen and oxygen atoms in total. The van der Waals surface area contributed by atoms with Crippen LogP contribution in [0.4, 0.5) is 5.82 Å². The van der Waals surface area contributed by atoms with Crippen LogP contribution in [0.5, 0.6) is 0 Å². The monoisotopic (exact) mass is 280 g/mol. The van der Waals surface area contributed by atoms with Crippen molar-refractivity contribution in [2.75, 3.05) is 38.0 Å². The molecule has 0 aromatic carbocycles. The maximum absolute atomic E-state index is 11.8. The van der Waals surface area contributed by atoms with E-state index < -0.39 is 0 Å². The van der Waals surface area contributed by atoms with Crippen molar-refractivity contribution in [1.82, 2.24) is 15.0 Å². The lowest BCUT2D eigenvalue weighted by molar-refractivity contribution is -0.130. The van der Waals surface area contributed by atoms with Crippen LogP contribution < -0.4 is 5.32 Å². The van der Waals surface area contributed by atoms with Gasteiger partial charge in [0.25, 0.3) is 0 Å². The Bertz CT molecular complexity index is 478. The number of piperazine rings is 1. The number of anilines is 1. The quantitative estimate of drug-likeness (QED) is 0.867. The molecule has 1 aliphatic rings. The third kappa shape index (κ3) is 4.06. The van der Waals surface area contributed by atoms with E-state index in [4.69, 9.17) is 4.52 Å². The topological polar surface area (TPSA) is 78.7 Å². The third-order valence-corrected chi connectivity index (χ3v) is 3.37. The minimum atomic E-state index is -0.0766. The highest BCUT2D eigenvalue weighted by Gasteiger charge is 2.18. The Morgan fingerprint density at radius 1 is 1.35 bits per heavy atom. The van der Waals surface area contributed by atoms with Crippen molar-refractivity contribution >= 4 is 17.6 Å². The SMILES string of the molecule is CC(=O)N1CCN(CCC(=O)Nc2cc(C)on2)CC1. The van der Waals surface area contributed by atoms with Gasteiger partial charge in [0.15, 0.2) is 5.82 Å². The molecule has 0 bridgehead atoms. The highest BCUT2D eigenvalue weighted by Crippen LogP contribution is 2.08. The van der Waals surface area contributed by atoms with Gasteiger partial charge in [0.05, 0.1) is 0 Å². The van der Waals surface area contributed by atoms with E-state index in [2.05, 4.69) is 15.4 Å². The van der Waals surface area contributed by atoms with Crippen molar-refractivity contribution in [3.05, 3.63) is 11.8 Å². The lowest BCUT2D eigenvalue weighted by Crippen LogP contribution is -2.48. The minimum absolute atomic E-state index is 0.0766. The molecule has 1 aromatic rings. The van der Waals surface area contributed by atoms with Crippen LogP contribution in [0.15, 0.2) is 10.6 Å². The van der Waals surface area contributed by atoms with Gasteiger partial charge in [-0.05, 0) is 6.92 Å². The van der Waals surface area contributed by atoms with Gasteiger partial charge in [-0.3, -0.25) is 14.5 Å². The number of hydrogen-bond acceptors (Lipinski definition) is 5. The summed E-state index contributed by atoms with van der Waals surface area (Å²) in [4.78, 5) is 27.0. The molecule has 1 N–H and O–H groups in total. The lowest BCUT2D eigenvalue weighted by Gasteiger charge is -2.33. The number of aryl methyl sites for hydroxylation is 1. The molecule has 0 aliphatic carbocycles. The summed E-state index contributed by atoms with van der Waals surface area (Å²) in [5, 5.41) is 6.41. The van der Waals surface area contributed by atoms with Gasteiger partial charge >= 0.3 is 0 Å². The van der Waals surface area contributed by atoms with Crippen molar-refractivity contribution in [3.8, 4) is 0 Å². The summed E-state index contributed by atoms with van der Waals surface area (Å²) >= 11 is 0. The lowest BCUT2D eigenvalue weighted by atomic mass is 10.3. The summed E-state index contributed by atoms with van der Waals surface area (Å²) in [7, 11) is 0. The highest BCUT2D eigenvalue weighted by atomic mass is 16.5. The standard InChI is InChI=1S/C13H20N4O3/c1-10-9-12(15-20-10)14-13(19)3-4-16-5-7-17(8-6-16)11(2)18/h9H,3-8H2,1-2H3,(H,14,15,19). The number of amides is 2. The Morgan fingerprint density at radius 3 is 2.60 bits per heavy atom. The number of nitrogens with zero attached hydrogens (tertiary/aromatic N) is 3. The molecule has 7 heteroatoms. The van der Waals surface area contributed by atoms with Crippen molar-refractivity contribution < 1.29 is 14.1 Å². The van der Waals surface area contributed by atoms with E-state index in [1.807, 2.05) is 4.90 Å². The average molecular weight is 280 g/mol. The van der Waals surface area contributed by atoms with Crippen LogP contribution in [0, 0.1) is 6.92 Å². The first-order valence-electron chi connectivity index (χ1n) is 6.75. The Morgan fingerprint density at radius 2 is 2.05 bits per heavy atom. The predicted octanol–water partition coefficient (Wildman–Crippen LogP) is 0.476. The van der Waals surface area contributed by atoms with Crippen LogP contribution in [0.2, 0.25) is 0 Å². The van der Waals surface area contributed by atoms with Gasteiger partial charge in [-0.1, -0.05) is 5.16 Å². The first kappa shape index (κ1) is 14.5. The van der Waals surface area contributed by atoms with Gasteiger partial charge in [0.1, 0.15) is 5.76 Å². The summed E-state index contributed by atoms with van der Waals surface area (Å²) in [6.07, 6.45) is 0.409. The zero-order chi connectivity index (χ0) is 14.5. The van der Waals surface area contributed by atoms with Gasteiger partial charge in [-0.2, -0.15) is 0 Å². The molecule has 2 heterocycles. The molecule has 1 saturated heterocycles. The maximum atomic E-state index is 11.8. The molecular weight excluding hydrogens is 260 g/mol. The summed E-state index contributed by atoms with van der Waals surface area (Å²) in [5.41, 5.74) is 0. The number of aromatic nitrogens is 1. The second-order valence-electron chi connectivity index (χ2n) is 4.97. The molecule has 1 fully saturated rings. The number of nitrogens with one attached hydrogen (secondary N) is 1. The molecule has 0 spiro atoms. The fourth-order valence-electron chi connectivity index (χ4n) is 2.18. The van der Waals surface area contributed by atoms with Crippen LogP contribution in [0.3, 0.4) is 0 Å². The number of hydrogen-bond donors (Lipinski definition) is 1. The Hall–Kier alpha value is -1.89. The zero-order valence-corrected chi connectivity index (χ0v) is 11.9. The summed E-state index contributed by atoms with van der Waals surface area (Å²) in [5.74, 6) is 1.16. The molecule has 20 heavy (non-hydrogen) atoms. The summed E-state index contributed by atoms with van der Waals surface area (Å²) in [6, 6.07) is 1.68. The highest BCUT2D eigenvalue weighted by molar-refractivity contribution is 5.89. The smallest absolute Gasteiger partial charge is 0.226 e. The van der Waals surface area contributed by atoms with E-state index in [0.717, 1.165) is 26.2 Å². The average Bonchev–Trinajstić information content (AvgIpc) is 2.82. The number of carbonyl (C=O) groups is 2. The molecule has 2 rings (SSSR count). The van der Waals surface area contributed by atoms with Gasteiger partial charge in [0.2, 0.25) is 11.8 Å². The Labute approximate surface area is 117 Å². The third-order valence-electron chi connectivity index (χ3n) is 3.37. The van der Waals surface area contributed by atoms with Gasteiger partial charge in [0, 0.05) is 52.1 Å². The molecule has 2 amide bonds. The molecule has 1 aliphatic heterocycles. The molecule has 110 valence electrons. The van der Waals surface area contributed by atoms with E-state index in [1.165, 1.54) is 0 Å². The fraction of sp³-hybridized carbons (Fsp3) is 0.615.